The maximum atomic E-state index is 6.18. The molecule has 3 rings (SSSR count). The Balaban J connectivity index is 1.94. The van der Waals surface area contributed by atoms with Crippen molar-refractivity contribution in [3.05, 3.63) is 33.5 Å². The molecule has 0 bridgehead atoms. The highest BCUT2D eigenvalue weighted by atomic mass is 79.9. The second-order valence-electron chi connectivity index (χ2n) is 4.65. The van der Waals surface area contributed by atoms with Gasteiger partial charge in [-0.25, -0.2) is 4.98 Å². The van der Waals surface area contributed by atoms with Gasteiger partial charge in [-0.3, -0.25) is 5.10 Å². The van der Waals surface area contributed by atoms with Crippen LogP contribution in [-0.2, 0) is 0 Å². The van der Waals surface area contributed by atoms with Gasteiger partial charge in [-0.15, -0.1) is 0 Å². The summed E-state index contributed by atoms with van der Waals surface area (Å²) in [5.74, 6) is 2.22. The van der Waals surface area contributed by atoms with Gasteiger partial charge in [-0.2, -0.15) is 5.10 Å². The standard InChI is InChI=1S/C13H13BrClN3/c14-9-5-6-11(15)10(7-9)13-16-12(17-18-13)8-3-1-2-4-8/h5-8H,1-4H2,(H,16,17,18). The fourth-order valence-corrected chi connectivity index (χ4v) is 3.01. The van der Waals surface area contributed by atoms with Gasteiger partial charge >= 0.3 is 0 Å². The fourth-order valence-electron chi connectivity index (χ4n) is 2.45. The summed E-state index contributed by atoms with van der Waals surface area (Å²) in [7, 11) is 0. The lowest BCUT2D eigenvalue weighted by atomic mass is 10.1. The minimum absolute atomic E-state index is 0.539. The zero-order valence-corrected chi connectivity index (χ0v) is 12.1. The summed E-state index contributed by atoms with van der Waals surface area (Å²) in [5.41, 5.74) is 0.867. The van der Waals surface area contributed by atoms with Crippen molar-refractivity contribution in [3.8, 4) is 11.4 Å². The van der Waals surface area contributed by atoms with Crippen molar-refractivity contribution >= 4 is 27.5 Å². The van der Waals surface area contributed by atoms with Crippen LogP contribution in [0.25, 0.3) is 11.4 Å². The van der Waals surface area contributed by atoms with Gasteiger partial charge in [0.1, 0.15) is 5.82 Å². The first-order chi connectivity index (χ1) is 8.74. The van der Waals surface area contributed by atoms with Gasteiger partial charge in [-0.1, -0.05) is 40.4 Å². The van der Waals surface area contributed by atoms with Crippen LogP contribution >= 0.6 is 27.5 Å². The molecule has 3 nitrogen and oxygen atoms in total. The predicted molar refractivity (Wildman–Crippen MR) is 75.7 cm³/mol. The third-order valence-corrected chi connectivity index (χ3v) is 4.24. The Labute approximate surface area is 119 Å². The SMILES string of the molecule is Clc1ccc(Br)cc1-c1n[nH]c(C2CCCC2)n1. The molecular weight excluding hydrogens is 314 g/mol. The molecule has 2 aromatic rings. The molecule has 0 radical (unpaired) electrons. The van der Waals surface area contributed by atoms with Crippen molar-refractivity contribution in [1.29, 1.82) is 0 Å². The molecule has 0 aliphatic heterocycles. The van der Waals surface area contributed by atoms with E-state index in [0.717, 1.165) is 15.9 Å². The van der Waals surface area contributed by atoms with Gasteiger partial charge < -0.3 is 0 Å². The van der Waals surface area contributed by atoms with Crippen molar-refractivity contribution in [2.75, 3.05) is 0 Å². The average Bonchev–Trinajstić information content (AvgIpc) is 3.00. The van der Waals surface area contributed by atoms with Crippen LogP contribution in [0.1, 0.15) is 37.4 Å². The molecule has 0 spiro atoms. The highest BCUT2D eigenvalue weighted by Gasteiger charge is 2.21. The normalized spacial score (nSPS) is 16.3. The number of nitrogens with zero attached hydrogens (tertiary/aromatic N) is 2. The summed E-state index contributed by atoms with van der Waals surface area (Å²) >= 11 is 9.63. The fraction of sp³-hybridized carbons (Fsp3) is 0.385. The number of aromatic nitrogens is 3. The molecule has 0 saturated heterocycles. The smallest absolute Gasteiger partial charge is 0.182 e. The van der Waals surface area contributed by atoms with Gasteiger partial charge in [0.25, 0.3) is 0 Å². The lowest BCUT2D eigenvalue weighted by molar-refractivity contribution is 0.672. The first-order valence-electron chi connectivity index (χ1n) is 6.12. The van der Waals surface area contributed by atoms with Gasteiger partial charge in [0.2, 0.25) is 0 Å². The van der Waals surface area contributed by atoms with E-state index in [-0.39, 0.29) is 0 Å². The van der Waals surface area contributed by atoms with Gasteiger partial charge in [0.15, 0.2) is 5.82 Å². The van der Waals surface area contributed by atoms with Crippen LogP contribution in [0.15, 0.2) is 22.7 Å². The number of rotatable bonds is 2. The maximum Gasteiger partial charge on any atom is 0.182 e. The number of aromatic amines is 1. The van der Waals surface area contributed by atoms with Crippen LogP contribution in [-0.4, -0.2) is 15.2 Å². The Hall–Kier alpha value is -0.870. The van der Waals surface area contributed by atoms with Crippen LogP contribution in [0, 0.1) is 0 Å². The molecule has 0 unspecified atom stereocenters. The molecular formula is C13H13BrClN3. The van der Waals surface area contributed by atoms with E-state index in [2.05, 4.69) is 31.1 Å². The van der Waals surface area contributed by atoms with Crippen molar-refractivity contribution in [2.24, 2.45) is 0 Å². The van der Waals surface area contributed by atoms with Crippen LogP contribution in [0.4, 0.5) is 0 Å². The third kappa shape index (κ3) is 2.31. The van der Waals surface area contributed by atoms with Gasteiger partial charge in [-0.05, 0) is 31.0 Å². The molecule has 1 N–H and O–H groups in total. The lowest BCUT2D eigenvalue weighted by Crippen LogP contribution is -1.94. The first kappa shape index (κ1) is 12.2. The molecule has 0 amide bonds. The zero-order valence-electron chi connectivity index (χ0n) is 9.79. The molecule has 1 heterocycles. The molecule has 94 valence electrons. The molecule has 1 aromatic carbocycles. The number of hydrogen-bond donors (Lipinski definition) is 1. The van der Waals surface area contributed by atoms with E-state index in [1.54, 1.807) is 0 Å². The topological polar surface area (TPSA) is 41.6 Å². The average molecular weight is 327 g/mol. The largest absolute Gasteiger partial charge is 0.262 e. The molecule has 0 atom stereocenters. The van der Waals surface area contributed by atoms with E-state index in [4.69, 9.17) is 11.6 Å². The molecule has 1 saturated carbocycles. The predicted octanol–water partition coefficient (Wildman–Crippen LogP) is 4.55. The minimum atomic E-state index is 0.539. The van der Waals surface area contributed by atoms with Gasteiger partial charge in [0, 0.05) is 16.0 Å². The van der Waals surface area contributed by atoms with Crippen LogP contribution in [0.2, 0.25) is 5.02 Å². The van der Waals surface area contributed by atoms with E-state index in [0.29, 0.717) is 16.8 Å². The monoisotopic (exact) mass is 325 g/mol. The summed E-state index contributed by atoms with van der Waals surface area (Å²) in [5, 5.41) is 8.03. The van der Waals surface area contributed by atoms with E-state index in [1.807, 2.05) is 18.2 Å². The molecule has 1 fully saturated rings. The van der Waals surface area contributed by atoms with Crippen molar-refractivity contribution in [1.82, 2.24) is 15.2 Å². The minimum Gasteiger partial charge on any atom is -0.262 e. The quantitative estimate of drug-likeness (QED) is 0.880. The number of hydrogen-bond acceptors (Lipinski definition) is 2. The van der Waals surface area contributed by atoms with Crippen LogP contribution in [0.5, 0.6) is 0 Å². The zero-order chi connectivity index (χ0) is 12.5. The summed E-state index contributed by atoms with van der Waals surface area (Å²) < 4.78 is 0.981. The summed E-state index contributed by atoms with van der Waals surface area (Å²) in [4.78, 5) is 4.59. The number of halogens is 2. The molecule has 18 heavy (non-hydrogen) atoms. The van der Waals surface area contributed by atoms with Gasteiger partial charge in [0.05, 0.1) is 5.02 Å². The highest BCUT2D eigenvalue weighted by Crippen LogP contribution is 2.34. The Bertz CT molecular complexity index is 561. The summed E-state index contributed by atoms with van der Waals surface area (Å²) in [6.45, 7) is 0. The van der Waals surface area contributed by atoms with E-state index < -0.39 is 0 Å². The first-order valence-corrected chi connectivity index (χ1v) is 7.29. The van der Waals surface area contributed by atoms with E-state index in [1.165, 1.54) is 25.7 Å². The highest BCUT2D eigenvalue weighted by molar-refractivity contribution is 9.10. The van der Waals surface area contributed by atoms with Crippen molar-refractivity contribution < 1.29 is 0 Å². The Morgan fingerprint density at radius 2 is 2.06 bits per heavy atom. The molecule has 1 aliphatic carbocycles. The molecule has 5 heteroatoms. The van der Waals surface area contributed by atoms with Crippen LogP contribution < -0.4 is 0 Å². The number of benzene rings is 1. The summed E-state index contributed by atoms with van der Waals surface area (Å²) in [6, 6.07) is 5.72. The number of nitrogens with one attached hydrogen (secondary N) is 1. The second kappa shape index (κ2) is 5.02. The van der Waals surface area contributed by atoms with E-state index in [9.17, 15) is 0 Å². The Morgan fingerprint density at radius 1 is 1.28 bits per heavy atom. The molecule has 1 aromatic heterocycles. The van der Waals surface area contributed by atoms with Crippen molar-refractivity contribution in [2.45, 2.75) is 31.6 Å². The Kier molecular flexibility index (Phi) is 3.39. The summed E-state index contributed by atoms with van der Waals surface area (Å²) in [6.07, 6.45) is 5.00. The van der Waals surface area contributed by atoms with Crippen molar-refractivity contribution in [3.63, 3.8) is 0 Å². The van der Waals surface area contributed by atoms with E-state index >= 15 is 0 Å². The number of H-pyrrole nitrogens is 1. The maximum absolute atomic E-state index is 6.18. The molecule has 1 aliphatic rings. The third-order valence-electron chi connectivity index (χ3n) is 3.41. The van der Waals surface area contributed by atoms with Crippen LogP contribution in [0.3, 0.4) is 0 Å². The Morgan fingerprint density at radius 3 is 2.83 bits per heavy atom. The second-order valence-corrected chi connectivity index (χ2v) is 5.97. The lowest BCUT2D eigenvalue weighted by Gasteiger charge is -2.02.